The van der Waals surface area contributed by atoms with Crippen molar-refractivity contribution in [2.45, 2.75) is 65.5 Å². The Morgan fingerprint density at radius 1 is 1.21 bits per heavy atom. The van der Waals surface area contributed by atoms with Crippen molar-refractivity contribution >= 4 is 17.9 Å². The van der Waals surface area contributed by atoms with Gasteiger partial charge in [-0.25, -0.2) is 0 Å². The molecule has 0 radical (unpaired) electrons. The molecule has 0 aliphatic carbocycles. The van der Waals surface area contributed by atoms with Gasteiger partial charge >= 0.3 is 0 Å². The summed E-state index contributed by atoms with van der Waals surface area (Å²) in [6, 6.07) is 0. The molecule has 0 bridgehead atoms. The van der Waals surface area contributed by atoms with Gasteiger partial charge in [0.15, 0.2) is 0 Å². The Bertz CT molecular complexity index is 831. The van der Waals surface area contributed by atoms with Crippen molar-refractivity contribution in [1.29, 1.82) is 0 Å². The van der Waals surface area contributed by atoms with Crippen molar-refractivity contribution in [2.75, 3.05) is 19.6 Å². The van der Waals surface area contributed by atoms with E-state index in [4.69, 9.17) is 0 Å². The Hall–Kier alpha value is -2.15. The third-order valence-electron chi connectivity index (χ3n) is 7.10. The maximum Gasteiger partial charge on any atom is 0.246 e. The predicted octanol–water partition coefficient (Wildman–Crippen LogP) is 2.05. The molecule has 0 unspecified atom stereocenters. The monoisotopic (exact) mass is 402 g/mol. The van der Waals surface area contributed by atoms with Crippen LogP contribution in [-0.4, -0.2) is 67.8 Å². The van der Waals surface area contributed by atoms with Gasteiger partial charge in [0.25, 0.3) is 0 Å². The molecule has 2 saturated heterocycles. The average molecular weight is 403 g/mol. The highest BCUT2D eigenvalue weighted by atomic mass is 16.3. The maximum atomic E-state index is 12.7. The Morgan fingerprint density at radius 3 is 2.34 bits per heavy atom. The van der Waals surface area contributed by atoms with E-state index in [1.54, 1.807) is 13.0 Å². The Balaban J connectivity index is 1.66. The number of rotatable bonds is 2. The molecule has 0 aromatic carbocycles. The third kappa shape index (κ3) is 3.97. The quantitative estimate of drug-likeness (QED) is 0.768. The van der Waals surface area contributed by atoms with Crippen LogP contribution in [0.5, 0.6) is 0 Å². The minimum atomic E-state index is -0.557. The molecule has 7 heteroatoms. The second kappa shape index (κ2) is 7.59. The van der Waals surface area contributed by atoms with Crippen LogP contribution in [0.3, 0.4) is 0 Å². The van der Waals surface area contributed by atoms with Gasteiger partial charge < -0.3 is 14.9 Å². The van der Waals surface area contributed by atoms with Crippen molar-refractivity contribution in [3.8, 4) is 0 Å². The van der Waals surface area contributed by atoms with E-state index in [0.717, 1.165) is 29.8 Å². The first kappa shape index (κ1) is 21.6. The molecule has 160 valence electrons. The van der Waals surface area contributed by atoms with Crippen LogP contribution in [0.2, 0.25) is 0 Å². The summed E-state index contributed by atoms with van der Waals surface area (Å²) in [5, 5.41) is 15.1. The van der Waals surface area contributed by atoms with Gasteiger partial charge in [-0.15, -0.1) is 0 Å². The molecule has 29 heavy (non-hydrogen) atoms. The number of likely N-dealkylation sites (tertiary alicyclic amines) is 2. The summed E-state index contributed by atoms with van der Waals surface area (Å²) in [5.74, 6) is -0.000565. The molecule has 7 nitrogen and oxygen atoms in total. The Labute approximate surface area is 173 Å². The summed E-state index contributed by atoms with van der Waals surface area (Å²) in [6.07, 6.45) is 5.21. The normalized spacial score (nSPS) is 23.8. The molecule has 2 aliphatic rings. The number of amides is 2. The van der Waals surface area contributed by atoms with Crippen LogP contribution in [0.4, 0.5) is 0 Å². The van der Waals surface area contributed by atoms with Crippen LogP contribution in [0.15, 0.2) is 6.08 Å². The van der Waals surface area contributed by atoms with Crippen LogP contribution in [0.25, 0.3) is 6.08 Å². The molecule has 1 aromatic rings. The van der Waals surface area contributed by atoms with Gasteiger partial charge in [-0.3, -0.25) is 14.3 Å². The molecule has 3 heterocycles. The molecule has 3 rings (SSSR count). The molecule has 0 saturated carbocycles. The zero-order chi connectivity index (χ0) is 21.6. The lowest BCUT2D eigenvalue weighted by Gasteiger charge is -2.55. The molecule has 1 N–H and O–H groups in total. The van der Waals surface area contributed by atoms with Crippen molar-refractivity contribution < 1.29 is 14.7 Å². The number of aryl methyl sites for hydroxylation is 2. The van der Waals surface area contributed by atoms with Crippen LogP contribution >= 0.6 is 0 Å². The number of aliphatic hydroxyl groups is 1. The highest BCUT2D eigenvalue weighted by molar-refractivity contribution is 5.92. The SMILES string of the molecule is CC(=O)N1CC2(CCN(C(=O)/C=C/c3c(C)nn(C)c3C)CC2)C[C@H](O)C1(C)C. The van der Waals surface area contributed by atoms with E-state index in [-0.39, 0.29) is 17.2 Å². The molecule has 1 aromatic heterocycles. The molecular formula is C22H34N4O3. The van der Waals surface area contributed by atoms with Crippen LogP contribution in [0.1, 0.15) is 57.0 Å². The minimum absolute atomic E-state index is 0.00242. The summed E-state index contributed by atoms with van der Waals surface area (Å²) in [7, 11) is 1.90. The predicted molar refractivity (Wildman–Crippen MR) is 112 cm³/mol. The van der Waals surface area contributed by atoms with Crippen LogP contribution < -0.4 is 0 Å². The highest BCUT2D eigenvalue weighted by Crippen LogP contribution is 2.45. The van der Waals surface area contributed by atoms with Crippen molar-refractivity contribution in [1.82, 2.24) is 19.6 Å². The minimum Gasteiger partial charge on any atom is -0.391 e. The number of nitrogens with zero attached hydrogens (tertiary/aromatic N) is 4. The van der Waals surface area contributed by atoms with Gasteiger partial charge in [-0.2, -0.15) is 5.10 Å². The van der Waals surface area contributed by atoms with Gasteiger partial charge in [-0.05, 0) is 58.4 Å². The number of aromatic nitrogens is 2. The topological polar surface area (TPSA) is 78.7 Å². The second-order valence-electron chi connectivity index (χ2n) is 9.35. The van der Waals surface area contributed by atoms with E-state index in [0.29, 0.717) is 26.1 Å². The lowest BCUT2D eigenvalue weighted by atomic mass is 9.67. The molecule has 2 aliphatic heterocycles. The standard InChI is InChI=1S/C22H34N4O3/c1-15-18(16(2)24(6)23-15)7-8-20(29)25-11-9-22(10-12-25)13-19(28)21(4,5)26(14-22)17(3)27/h7-8,19,28H,9-14H2,1-6H3/b8-7+/t19-/m0/s1. The van der Waals surface area contributed by atoms with Gasteiger partial charge in [0.2, 0.25) is 11.8 Å². The van der Waals surface area contributed by atoms with E-state index < -0.39 is 11.6 Å². The first-order valence-electron chi connectivity index (χ1n) is 10.4. The number of aliphatic hydroxyl groups excluding tert-OH is 1. The summed E-state index contributed by atoms with van der Waals surface area (Å²) in [6.45, 7) is 11.3. The van der Waals surface area contributed by atoms with Crippen molar-refractivity contribution in [2.24, 2.45) is 12.5 Å². The maximum absolute atomic E-state index is 12.7. The molecule has 2 amide bonds. The number of hydrogen-bond donors (Lipinski definition) is 1. The zero-order valence-corrected chi connectivity index (χ0v) is 18.5. The lowest BCUT2D eigenvalue weighted by molar-refractivity contribution is -0.158. The molecule has 1 atom stereocenters. The Kier molecular flexibility index (Phi) is 5.64. The Morgan fingerprint density at radius 2 is 1.83 bits per heavy atom. The van der Waals surface area contributed by atoms with E-state index in [1.165, 1.54) is 0 Å². The average Bonchev–Trinajstić information content (AvgIpc) is 2.89. The van der Waals surface area contributed by atoms with Crippen molar-refractivity contribution in [3.63, 3.8) is 0 Å². The fourth-order valence-electron chi connectivity index (χ4n) is 4.82. The fraction of sp³-hybridized carbons (Fsp3) is 0.682. The van der Waals surface area contributed by atoms with E-state index in [1.807, 2.05) is 55.3 Å². The number of piperidine rings is 2. The summed E-state index contributed by atoms with van der Waals surface area (Å²) in [4.78, 5) is 28.6. The number of hydrogen-bond acceptors (Lipinski definition) is 4. The summed E-state index contributed by atoms with van der Waals surface area (Å²) < 4.78 is 1.82. The first-order valence-corrected chi connectivity index (χ1v) is 10.4. The van der Waals surface area contributed by atoms with Gasteiger partial charge in [0, 0.05) is 50.9 Å². The smallest absolute Gasteiger partial charge is 0.246 e. The van der Waals surface area contributed by atoms with Crippen LogP contribution in [-0.2, 0) is 16.6 Å². The summed E-state index contributed by atoms with van der Waals surface area (Å²) in [5.41, 5.74) is 2.27. The first-order chi connectivity index (χ1) is 13.5. The van der Waals surface area contributed by atoms with Gasteiger partial charge in [0.05, 0.1) is 17.3 Å². The largest absolute Gasteiger partial charge is 0.391 e. The fourth-order valence-corrected chi connectivity index (χ4v) is 4.82. The molecule has 1 spiro atoms. The lowest BCUT2D eigenvalue weighted by Crippen LogP contribution is -2.64. The van der Waals surface area contributed by atoms with E-state index >= 15 is 0 Å². The number of carbonyl (C=O) groups excluding carboxylic acids is 2. The molecule has 2 fully saturated rings. The number of carbonyl (C=O) groups is 2. The van der Waals surface area contributed by atoms with Gasteiger partial charge in [0.1, 0.15) is 0 Å². The molecular weight excluding hydrogens is 368 g/mol. The van der Waals surface area contributed by atoms with E-state index in [9.17, 15) is 14.7 Å². The highest BCUT2D eigenvalue weighted by Gasteiger charge is 2.50. The zero-order valence-electron chi connectivity index (χ0n) is 18.5. The van der Waals surface area contributed by atoms with Crippen LogP contribution in [0, 0.1) is 19.3 Å². The third-order valence-corrected chi connectivity index (χ3v) is 7.10. The van der Waals surface area contributed by atoms with E-state index in [2.05, 4.69) is 5.10 Å². The second-order valence-corrected chi connectivity index (χ2v) is 9.35. The van der Waals surface area contributed by atoms with Crippen molar-refractivity contribution in [3.05, 3.63) is 23.0 Å². The summed E-state index contributed by atoms with van der Waals surface area (Å²) >= 11 is 0. The van der Waals surface area contributed by atoms with Gasteiger partial charge in [-0.1, -0.05) is 0 Å².